The van der Waals surface area contributed by atoms with Crippen molar-refractivity contribution in [3.05, 3.63) is 5.17 Å². The Balaban J connectivity index is 3.45. The van der Waals surface area contributed by atoms with Crippen LogP contribution in [0, 0.1) is 0 Å². The molecule has 0 saturated heterocycles. The summed E-state index contributed by atoms with van der Waals surface area (Å²) in [5.74, 6) is -0.0660. The van der Waals surface area contributed by atoms with E-state index in [2.05, 4.69) is 74.7 Å². The smallest absolute Gasteiger partial charge is 0.306 e. The monoisotopic (exact) mass is 576 g/mol. The Bertz CT molecular complexity index is 248. The lowest BCUT2D eigenvalue weighted by atomic mass is 10.1. The first-order chi connectivity index (χ1) is 8.07. The molecule has 0 aromatic rings. The van der Waals surface area contributed by atoms with Crippen LogP contribution in [0.1, 0.15) is 51.9 Å². The lowest BCUT2D eigenvalue weighted by Crippen LogP contribution is -2.05. The van der Waals surface area contributed by atoms with Gasteiger partial charge in [-0.2, -0.15) is 0 Å². The Hall–Kier alpha value is 1.40. The summed E-state index contributed by atoms with van der Waals surface area (Å²) < 4.78 is 7.44. The number of rotatable bonds is 9. The summed E-state index contributed by atoms with van der Waals surface area (Å²) in [6.07, 6.45) is 7.77. The van der Waals surface area contributed by atoms with Gasteiger partial charge in [-0.1, -0.05) is 39.0 Å². The minimum Gasteiger partial charge on any atom is -0.460 e. The Morgan fingerprint density at radius 3 is 2.18 bits per heavy atom. The zero-order valence-electron chi connectivity index (χ0n) is 10.1. The molecule has 2 nitrogen and oxygen atoms in total. The number of ether oxygens (including phenoxy) is 1. The van der Waals surface area contributed by atoms with E-state index >= 15 is 0 Å². The van der Waals surface area contributed by atoms with Crippen LogP contribution in [0.25, 0.3) is 0 Å². The van der Waals surface area contributed by atoms with Crippen molar-refractivity contribution < 1.29 is 9.53 Å². The molecule has 0 spiro atoms. The maximum Gasteiger partial charge on any atom is 0.306 e. The Labute approximate surface area is 145 Å². The average molecular weight is 576 g/mol. The summed E-state index contributed by atoms with van der Waals surface area (Å²) in [7, 11) is 0. The van der Waals surface area contributed by atoms with Crippen molar-refractivity contribution in [2.24, 2.45) is 0 Å². The van der Waals surface area contributed by atoms with E-state index in [0.717, 1.165) is 18.0 Å². The van der Waals surface area contributed by atoms with Gasteiger partial charge in [-0.3, -0.25) is 4.79 Å². The minimum atomic E-state index is -0.0660. The Kier molecular flexibility index (Phi) is 13.5. The van der Waals surface area contributed by atoms with Gasteiger partial charge in [0.2, 0.25) is 0 Å². The number of esters is 1. The molecule has 0 N–H and O–H groups in total. The molecule has 0 aromatic heterocycles. The third kappa shape index (κ3) is 12.2. The van der Waals surface area contributed by atoms with Crippen LogP contribution >= 0.6 is 67.8 Å². The largest absolute Gasteiger partial charge is 0.460 e. The van der Waals surface area contributed by atoms with E-state index in [1.54, 1.807) is 0 Å². The fourth-order valence-corrected chi connectivity index (χ4v) is 1.79. The summed E-state index contributed by atoms with van der Waals surface area (Å²) in [6, 6.07) is 0. The average Bonchev–Trinajstić information content (AvgIpc) is 2.30. The van der Waals surface area contributed by atoms with Gasteiger partial charge in [-0.05, 0) is 74.2 Å². The van der Waals surface area contributed by atoms with Gasteiger partial charge >= 0.3 is 5.97 Å². The molecule has 0 amide bonds. The van der Waals surface area contributed by atoms with Crippen LogP contribution in [-0.2, 0) is 9.53 Å². The summed E-state index contributed by atoms with van der Waals surface area (Å²) in [6.45, 7) is 2.64. The number of carbonyl (C=O) groups excluding carboxylic acids is 1. The molecule has 0 saturated carbocycles. The molecule has 0 aliphatic heterocycles. The van der Waals surface area contributed by atoms with Crippen molar-refractivity contribution in [3.8, 4) is 0 Å². The number of hydrogen-bond donors (Lipinski definition) is 0. The van der Waals surface area contributed by atoms with E-state index in [9.17, 15) is 4.79 Å². The van der Waals surface area contributed by atoms with Crippen LogP contribution in [0.2, 0.25) is 0 Å². The van der Waals surface area contributed by atoms with E-state index in [0.29, 0.717) is 13.0 Å². The molecular weight excluding hydrogens is 557 g/mol. The van der Waals surface area contributed by atoms with Gasteiger partial charge in [0, 0.05) is 10.0 Å². The molecule has 0 heterocycles. The molecule has 0 bridgehead atoms. The molecule has 0 fully saturated rings. The lowest BCUT2D eigenvalue weighted by molar-refractivity contribution is -0.142. The van der Waals surface area contributed by atoms with Crippen LogP contribution in [0.15, 0.2) is 5.17 Å². The SMILES string of the molecule is CCCCCCCCC(=O)OCC(I)=C(I)I. The van der Waals surface area contributed by atoms with E-state index in [1.165, 1.54) is 25.7 Å². The van der Waals surface area contributed by atoms with E-state index in [1.807, 2.05) is 0 Å². The van der Waals surface area contributed by atoms with Crippen molar-refractivity contribution in [1.82, 2.24) is 0 Å². The maximum atomic E-state index is 11.4. The van der Waals surface area contributed by atoms with Crippen LogP contribution in [0.3, 0.4) is 0 Å². The fraction of sp³-hybridized carbons (Fsp3) is 0.750. The van der Waals surface area contributed by atoms with Gasteiger partial charge in [-0.25, -0.2) is 0 Å². The van der Waals surface area contributed by atoms with Gasteiger partial charge in [0.1, 0.15) is 6.61 Å². The second-order valence-electron chi connectivity index (χ2n) is 3.84. The van der Waals surface area contributed by atoms with Crippen LogP contribution in [0.4, 0.5) is 0 Å². The standard InChI is InChI=1S/C12H19I3O2/c1-2-3-4-5-6-7-8-11(16)17-9-10(13)12(14)15/h2-9H2,1H3. The van der Waals surface area contributed by atoms with Crippen molar-refractivity contribution in [1.29, 1.82) is 0 Å². The second kappa shape index (κ2) is 12.4. The number of carbonyl (C=O) groups is 1. The predicted octanol–water partition coefficient (Wildman–Crippen LogP) is 5.75. The first-order valence-electron chi connectivity index (χ1n) is 5.93. The summed E-state index contributed by atoms with van der Waals surface area (Å²) in [5, 5.41) is 0. The predicted molar refractivity (Wildman–Crippen MR) is 98.0 cm³/mol. The van der Waals surface area contributed by atoms with Crippen LogP contribution < -0.4 is 0 Å². The molecular formula is C12H19I3O2. The number of unbranched alkanes of at least 4 members (excludes halogenated alkanes) is 5. The third-order valence-electron chi connectivity index (χ3n) is 2.30. The molecule has 17 heavy (non-hydrogen) atoms. The van der Waals surface area contributed by atoms with Gasteiger partial charge in [-0.15, -0.1) is 0 Å². The molecule has 0 aliphatic carbocycles. The highest BCUT2D eigenvalue weighted by Gasteiger charge is 2.04. The van der Waals surface area contributed by atoms with E-state index in [4.69, 9.17) is 4.74 Å². The highest BCUT2D eigenvalue weighted by molar-refractivity contribution is 14.2. The van der Waals surface area contributed by atoms with Crippen molar-refractivity contribution in [3.63, 3.8) is 0 Å². The summed E-state index contributed by atoms with van der Waals surface area (Å²) in [5.41, 5.74) is 0. The maximum absolute atomic E-state index is 11.4. The minimum absolute atomic E-state index is 0.0660. The quantitative estimate of drug-likeness (QED) is 0.199. The molecule has 0 rings (SSSR count). The zero-order chi connectivity index (χ0) is 13.1. The highest BCUT2D eigenvalue weighted by atomic mass is 127. The number of hydrogen-bond acceptors (Lipinski definition) is 2. The topological polar surface area (TPSA) is 26.3 Å². The van der Waals surface area contributed by atoms with E-state index in [-0.39, 0.29) is 5.97 Å². The Morgan fingerprint density at radius 2 is 1.59 bits per heavy atom. The summed E-state index contributed by atoms with van der Waals surface area (Å²) in [4.78, 5) is 11.4. The molecule has 0 atom stereocenters. The normalized spacial score (nSPS) is 10.1. The first kappa shape index (κ1) is 18.4. The zero-order valence-corrected chi connectivity index (χ0v) is 16.6. The van der Waals surface area contributed by atoms with Crippen molar-refractivity contribution >= 4 is 73.7 Å². The molecule has 100 valence electrons. The molecule has 0 unspecified atom stereocenters. The fourth-order valence-electron chi connectivity index (χ4n) is 1.32. The van der Waals surface area contributed by atoms with E-state index < -0.39 is 0 Å². The van der Waals surface area contributed by atoms with Crippen LogP contribution in [-0.4, -0.2) is 12.6 Å². The van der Waals surface area contributed by atoms with Crippen molar-refractivity contribution in [2.45, 2.75) is 51.9 Å². The molecule has 0 aliphatic rings. The molecule has 0 aromatic carbocycles. The van der Waals surface area contributed by atoms with Gasteiger partial charge in [0.15, 0.2) is 0 Å². The second-order valence-corrected chi connectivity index (χ2v) is 9.37. The lowest BCUT2D eigenvalue weighted by Gasteiger charge is -2.04. The van der Waals surface area contributed by atoms with Crippen LogP contribution in [0.5, 0.6) is 0 Å². The molecule has 0 radical (unpaired) electrons. The highest BCUT2D eigenvalue weighted by Crippen LogP contribution is 2.25. The Morgan fingerprint density at radius 1 is 1.00 bits per heavy atom. The van der Waals surface area contributed by atoms with Gasteiger partial charge in [0.25, 0.3) is 0 Å². The van der Waals surface area contributed by atoms with Gasteiger partial charge < -0.3 is 4.74 Å². The number of halogens is 3. The third-order valence-corrected chi connectivity index (χ3v) is 6.52. The van der Waals surface area contributed by atoms with Crippen molar-refractivity contribution in [2.75, 3.05) is 6.61 Å². The molecule has 5 heteroatoms. The first-order valence-corrected chi connectivity index (χ1v) is 9.16. The summed E-state index contributed by atoms with van der Waals surface area (Å²) >= 11 is 6.67. The van der Waals surface area contributed by atoms with Gasteiger partial charge in [0.05, 0.1) is 1.59 Å².